The zero-order valence-corrected chi connectivity index (χ0v) is 11.4. The average Bonchev–Trinajstić information content (AvgIpc) is 2.62. The molecule has 1 heterocycles. The second-order valence-electron chi connectivity index (χ2n) is 4.97. The summed E-state index contributed by atoms with van der Waals surface area (Å²) in [5.74, 6) is -0.657. The first-order valence-corrected chi connectivity index (χ1v) is 6.51. The smallest absolute Gasteiger partial charge is 0.293 e. The van der Waals surface area contributed by atoms with Gasteiger partial charge in [0.05, 0.1) is 4.92 Å². The van der Waals surface area contributed by atoms with E-state index in [9.17, 15) is 14.9 Å². The SMILES string of the molecule is CN1CCCN(c2ccc(C(N)=O)cc2[N+](=O)[O-])CC1. The van der Waals surface area contributed by atoms with Crippen molar-refractivity contribution < 1.29 is 9.72 Å². The fourth-order valence-electron chi connectivity index (χ4n) is 2.38. The van der Waals surface area contributed by atoms with Crippen LogP contribution >= 0.6 is 0 Å². The summed E-state index contributed by atoms with van der Waals surface area (Å²) in [6.07, 6.45) is 0.950. The van der Waals surface area contributed by atoms with Crippen LogP contribution in [-0.4, -0.2) is 49.0 Å². The summed E-state index contributed by atoms with van der Waals surface area (Å²) in [6, 6.07) is 4.41. The summed E-state index contributed by atoms with van der Waals surface area (Å²) in [7, 11) is 2.04. The molecule has 0 unspecified atom stereocenters. The van der Waals surface area contributed by atoms with Gasteiger partial charge in [0.15, 0.2) is 0 Å². The zero-order valence-electron chi connectivity index (χ0n) is 11.4. The summed E-state index contributed by atoms with van der Waals surface area (Å²) in [5, 5.41) is 11.2. The number of nitro benzene ring substituents is 1. The predicted octanol–water partition coefficient (Wildman–Crippen LogP) is 0.836. The minimum atomic E-state index is -0.657. The van der Waals surface area contributed by atoms with Gasteiger partial charge in [-0.2, -0.15) is 0 Å². The van der Waals surface area contributed by atoms with Crippen LogP contribution in [0.3, 0.4) is 0 Å². The highest BCUT2D eigenvalue weighted by atomic mass is 16.6. The third-order valence-electron chi connectivity index (χ3n) is 3.52. The number of nitrogens with two attached hydrogens (primary N) is 1. The van der Waals surface area contributed by atoms with Gasteiger partial charge < -0.3 is 15.5 Å². The third kappa shape index (κ3) is 3.05. The van der Waals surface area contributed by atoms with Gasteiger partial charge in [-0.05, 0) is 32.1 Å². The zero-order chi connectivity index (χ0) is 14.7. The van der Waals surface area contributed by atoms with Crippen LogP contribution in [-0.2, 0) is 0 Å². The lowest BCUT2D eigenvalue weighted by Crippen LogP contribution is -2.29. The lowest BCUT2D eigenvalue weighted by Gasteiger charge is -2.22. The van der Waals surface area contributed by atoms with E-state index in [0.717, 1.165) is 32.6 Å². The summed E-state index contributed by atoms with van der Waals surface area (Å²) >= 11 is 0. The standard InChI is InChI=1S/C13H18N4O3/c1-15-5-2-6-16(8-7-15)11-4-3-10(13(14)18)9-12(11)17(19)20/h3-4,9H,2,5-8H2,1H3,(H2,14,18). The summed E-state index contributed by atoms with van der Waals surface area (Å²) in [5.41, 5.74) is 5.82. The molecular formula is C13H18N4O3. The molecule has 20 heavy (non-hydrogen) atoms. The molecule has 0 aromatic heterocycles. The number of carbonyl (C=O) groups excluding carboxylic acids is 1. The minimum absolute atomic E-state index is 0.0640. The van der Waals surface area contributed by atoms with Crippen molar-refractivity contribution in [3.05, 3.63) is 33.9 Å². The molecule has 1 aliphatic heterocycles. The van der Waals surface area contributed by atoms with Crippen LogP contribution < -0.4 is 10.6 Å². The first-order chi connectivity index (χ1) is 9.49. The molecule has 1 aromatic rings. The summed E-state index contributed by atoms with van der Waals surface area (Å²) in [4.78, 5) is 26.1. The van der Waals surface area contributed by atoms with Crippen molar-refractivity contribution in [3.63, 3.8) is 0 Å². The van der Waals surface area contributed by atoms with Crippen molar-refractivity contribution >= 4 is 17.3 Å². The van der Waals surface area contributed by atoms with Crippen molar-refractivity contribution in [2.24, 2.45) is 5.73 Å². The second-order valence-corrected chi connectivity index (χ2v) is 4.97. The molecule has 1 aliphatic rings. The van der Waals surface area contributed by atoms with Gasteiger partial charge in [0.1, 0.15) is 5.69 Å². The van der Waals surface area contributed by atoms with Crippen molar-refractivity contribution in [2.75, 3.05) is 38.1 Å². The van der Waals surface area contributed by atoms with Crippen LogP contribution in [0.25, 0.3) is 0 Å². The number of hydrogen-bond acceptors (Lipinski definition) is 5. The second kappa shape index (κ2) is 5.87. The molecule has 1 saturated heterocycles. The molecule has 0 bridgehead atoms. The van der Waals surface area contributed by atoms with Gasteiger partial charge in [0.2, 0.25) is 5.91 Å². The Hall–Kier alpha value is -2.15. The van der Waals surface area contributed by atoms with Gasteiger partial charge in [-0.25, -0.2) is 0 Å². The Labute approximate surface area is 117 Å². The molecule has 0 radical (unpaired) electrons. The van der Waals surface area contributed by atoms with Crippen molar-refractivity contribution in [2.45, 2.75) is 6.42 Å². The predicted molar refractivity (Wildman–Crippen MR) is 75.9 cm³/mol. The molecule has 0 aliphatic carbocycles. The Morgan fingerprint density at radius 2 is 2.05 bits per heavy atom. The number of hydrogen-bond donors (Lipinski definition) is 1. The number of benzene rings is 1. The normalized spacial score (nSPS) is 16.8. The first-order valence-electron chi connectivity index (χ1n) is 6.51. The molecule has 1 amide bonds. The van der Waals surface area contributed by atoms with Crippen LogP contribution in [0, 0.1) is 10.1 Å². The van der Waals surface area contributed by atoms with Gasteiger partial charge in [0.25, 0.3) is 5.69 Å². The average molecular weight is 278 g/mol. The summed E-state index contributed by atoms with van der Waals surface area (Å²) in [6.45, 7) is 3.33. The van der Waals surface area contributed by atoms with E-state index in [4.69, 9.17) is 5.73 Å². The number of primary amides is 1. The van der Waals surface area contributed by atoms with E-state index in [1.807, 2.05) is 11.9 Å². The van der Waals surface area contributed by atoms with E-state index in [-0.39, 0.29) is 11.3 Å². The maximum absolute atomic E-state index is 11.2. The summed E-state index contributed by atoms with van der Waals surface area (Å²) < 4.78 is 0. The molecule has 7 heteroatoms. The number of rotatable bonds is 3. The molecule has 0 atom stereocenters. The molecule has 0 saturated carbocycles. The van der Waals surface area contributed by atoms with Gasteiger partial charge in [-0.1, -0.05) is 0 Å². The van der Waals surface area contributed by atoms with Crippen LogP contribution in [0.1, 0.15) is 16.8 Å². The minimum Gasteiger partial charge on any atom is -0.366 e. The van der Waals surface area contributed by atoms with Gasteiger partial charge in [0, 0.05) is 31.3 Å². The molecular weight excluding hydrogens is 260 g/mol. The molecule has 0 spiro atoms. The van der Waals surface area contributed by atoms with Crippen molar-refractivity contribution in [1.29, 1.82) is 0 Å². The van der Waals surface area contributed by atoms with E-state index < -0.39 is 10.8 Å². The Morgan fingerprint density at radius 1 is 1.30 bits per heavy atom. The van der Waals surface area contributed by atoms with Crippen LogP contribution in [0.5, 0.6) is 0 Å². The van der Waals surface area contributed by atoms with Gasteiger partial charge in [-0.15, -0.1) is 0 Å². The molecule has 2 N–H and O–H groups in total. The van der Waals surface area contributed by atoms with E-state index >= 15 is 0 Å². The Bertz CT molecular complexity index is 532. The first kappa shape index (κ1) is 14.3. The third-order valence-corrected chi connectivity index (χ3v) is 3.52. The highest BCUT2D eigenvalue weighted by molar-refractivity contribution is 5.94. The van der Waals surface area contributed by atoms with Crippen LogP contribution in [0.4, 0.5) is 11.4 Å². The molecule has 2 rings (SSSR count). The monoisotopic (exact) mass is 278 g/mol. The molecule has 1 aromatic carbocycles. The molecule has 1 fully saturated rings. The van der Waals surface area contributed by atoms with Gasteiger partial charge in [-0.3, -0.25) is 14.9 Å². The lowest BCUT2D eigenvalue weighted by molar-refractivity contribution is -0.384. The van der Waals surface area contributed by atoms with E-state index in [1.165, 1.54) is 6.07 Å². The Kier molecular flexibility index (Phi) is 4.19. The van der Waals surface area contributed by atoms with Gasteiger partial charge >= 0.3 is 0 Å². The lowest BCUT2D eigenvalue weighted by atomic mass is 10.1. The van der Waals surface area contributed by atoms with Crippen LogP contribution in [0.15, 0.2) is 18.2 Å². The Morgan fingerprint density at radius 3 is 2.70 bits per heavy atom. The highest BCUT2D eigenvalue weighted by Crippen LogP contribution is 2.29. The Balaban J connectivity index is 2.35. The maximum Gasteiger partial charge on any atom is 0.293 e. The number of anilines is 1. The van der Waals surface area contributed by atoms with Crippen molar-refractivity contribution in [1.82, 2.24) is 4.90 Å². The van der Waals surface area contributed by atoms with E-state index in [2.05, 4.69) is 4.90 Å². The number of nitrogens with zero attached hydrogens (tertiary/aromatic N) is 3. The van der Waals surface area contributed by atoms with Crippen molar-refractivity contribution in [3.8, 4) is 0 Å². The quantitative estimate of drug-likeness (QED) is 0.653. The number of likely N-dealkylation sites (N-methyl/N-ethyl adjacent to an activating group) is 1. The number of nitro groups is 1. The number of amides is 1. The largest absolute Gasteiger partial charge is 0.366 e. The van der Waals surface area contributed by atoms with E-state index in [0.29, 0.717) is 5.69 Å². The fraction of sp³-hybridized carbons (Fsp3) is 0.462. The van der Waals surface area contributed by atoms with Crippen LogP contribution in [0.2, 0.25) is 0 Å². The highest BCUT2D eigenvalue weighted by Gasteiger charge is 2.22. The topological polar surface area (TPSA) is 92.7 Å². The maximum atomic E-state index is 11.2. The number of carbonyl (C=O) groups is 1. The molecule has 7 nitrogen and oxygen atoms in total. The van der Waals surface area contributed by atoms with E-state index in [1.54, 1.807) is 12.1 Å². The molecule has 108 valence electrons. The fourth-order valence-corrected chi connectivity index (χ4v) is 2.38.